The first-order valence-electron chi connectivity index (χ1n) is 9.27. The Bertz CT molecular complexity index is 978. The summed E-state index contributed by atoms with van der Waals surface area (Å²) in [6, 6.07) is 7.11. The molecule has 1 heterocycles. The molecular formula is C19H20Cl2F3N3O2S. The van der Waals surface area contributed by atoms with Crippen LogP contribution in [0, 0.1) is 0 Å². The fourth-order valence-electron chi connectivity index (χ4n) is 3.38. The number of benzene rings is 1. The summed E-state index contributed by atoms with van der Waals surface area (Å²) in [7, 11) is -3.75. The van der Waals surface area contributed by atoms with Crippen LogP contribution in [0.5, 0.6) is 0 Å². The molecule has 1 aromatic heterocycles. The number of alkyl halides is 3. The maximum atomic E-state index is 12.7. The molecule has 2 aromatic rings. The summed E-state index contributed by atoms with van der Waals surface area (Å²) in [4.78, 5) is 4.26. The smallest absolute Gasteiger partial charge is 0.306 e. The van der Waals surface area contributed by atoms with Crippen LogP contribution in [0.1, 0.15) is 25.7 Å². The minimum absolute atomic E-state index is 0.0913. The first kappa shape index (κ1) is 23.3. The van der Waals surface area contributed by atoms with Gasteiger partial charge >= 0.3 is 6.18 Å². The van der Waals surface area contributed by atoms with E-state index in [-0.39, 0.29) is 17.0 Å². The van der Waals surface area contributed by atoms with Gasteiger partial charge in [0, 0.05) is 23.8 Å². The standard InChI is InChI=1S/C19H20Cl2F3N3O2S/c20-13-9-17(21)18(25-10-13)12-1-7-16(8-2-12)30(28,29)27-15-5-3-14(4-6-15)26-11-19(22,23)24/h1-2,7-10,14-15,26-27H,3-6,11H2. The molecule has 0 amide bonds. The highest BCUT2D eigenvalue weighted by molar-refractivity contribution is 7.89. The molecule has 30 heavy (non-hydrogen) atoms. The number of sulfonamides is 1. The molecule has 1 saturated carbocycles. The number of aromatic nitrogens is 1. The van der Waals surface area contributed by atoms with E-state index in [1.165, 1.54) is 18.3 Å². The fourth-order valence-corrected chi connectivity index (χ4v) is 5.18. The third-order valence-corrected chi connectivity index (χ3v) is 6.92. The molecule has 2 N–H and O–H groups in total. The average Bonchev–Trinajstić information content (AvgIpc) is 2.67. The zero-order valence-corrected chi connectivity index (χ0v) is 18.0. The highest BCUT2D eigenvalue weighted by atomic mass is 35.5. The van der Waals surface area contributed by atoms with Gasteiger partial charge in [0.15, 0.2) is 0 Å². The van der Waals surface area contributed by atoms with Gasteiger partial charge in [0.05, 0.1) is 27.2 Å². The van der Waals surface area contributed by atoms with Crippen molar-refractivity contribution < 1.29 is 21.6 Å². The zero-order valence-electron chi connectivity index (χ0n) is 15.7. The van der Waals surface area contributed by atoms with E-state index in [9.17, 15) is 21.6 Å². The van der Waals surface area contributed by atoms with Crippen LogP contribution in [-0.2, 0) is 10.0 Å². The van der Waals surface area contributed by atoms with Gasteiger partial charge in [0.1, 0.15) is 0 Å². The maximum Gasteiger partial charge on any atom is 0.401 e. The van der Waals surface area contributed by atoms with Crippen LogP contribution in [-0.4, -0.2) is 38.2 Å². The van der Waals surface area contributed by atoms with Gasteiger partial charge in [-0.15, -0.1) is 0 Å². The minimum Gasteiger partial charge on any atom is -0.306 e. The van der Waals surface area contributed by atoms with E-state index < -0.39 is 22.7 Å². The summed E-state index contributed by atoms with van der Waals surface area (Å²) >= 11 is 12.0. The third-order valence-electron chi connectivity index (χ3n) is 4.89. The normalized spacial score (nSPS) is 20.3. The SMILES string of the molecule is O=S(=O)(NC1CCC(NCC(F)(F)F)CC1)c1ccc(-c2ncc(Cl)cc2Cl)cc1. The van der Waals surface area contributed by atoms with Crippen molar-refractivity contribution in [2.24, 2.45) is 0 Å². The van der Waals surface area contributed by atoms with E-state index in [1.807, 2.05) is 0 Å². The van der Waals surface area contributed by atoms with E-state index in [1.54, 1.807) is 18.2 Å². The van der Waals surface area contributed by atoms with Crippen LogP contribution in [0.3, 0.4) is 0 Å². The summed E-state index contributed by atoms with van der Waals surface area (Å²) in [6.45, 7) is -1.03. The molecule has 0 aliphatic heterocycles. The Labute approximate surface area is 183 Å². The minimum atomic E-state index is -4.25. The van der Waals surface area contributed by atoms with Gasteiger partial charge in [0.25, 0.3) is 0 Å². The lowest BCUT2D eigenvalue weighted by molar-refractivity contribution is -0.126. The summed E-state index contributed by atoms with van der Waals surface area (Å²) < 4.78 is 64.9. The molecule has 0 spiro atoms. The van der Waals surface area contributed by atoms with Crippen molar-refractivity contribution in [1.29, 1.82) is 0 Å². The van der Waals surface area contributed by atoms with Crippen molar-refractivity contribution in [1.82, 2.24) is 15.0 Å². The van der Waals surface area contributed by atoms with E-state index in [2.05, 4.69) is 15.0 Å². The van der Waals surface area contributed by atoms with Crippen molar-refractivity contribution in [3.05, 3.63) is 46.6 Å². The van der Waals surface area contributed by atoms with Crippen LogP contribution in [0.15, 0.2) is 41.4 Å². The van der Waals surface area contributed by atoms with Crippen LogP contribution >= 0.6 is 23.2 Å². The molecule has 1 aromatic carbocycles. The van der Waals surface area contributed by atoms with Crippen LogP contribution in [0.2, 0.25) is 10.0 Å². The average molecular weight is 482 g/mol. The van der Waals surface area contributed by atoms with Crippen LogP contribution in [0.25, 0.3) is 11.3 Å². The molecule has 0 unspecified atom stereocenters. The van der Waals surface area contributed by atoms with Crippen LogP contribution < -0.4 is 10.0 Å². The maximum absolute atomic E-state index is 12.7. The molecule has 1 fully saturated rings. The molecule has 0 saturated heterocycles. The van der Waals surface area contributed by atoms with Gasteiger partial charge in [-0.3, -0.25) is 4.98 Å². The van der Waals surface area contributed by atoms with Crippen molar-refractivity contribution >= 4 is 33.2 Å². The fraction of sp³-hybridized carbons (Fsp3) is 0.421. The Balaban J connectivity index is 1.60. The molecule has 0 radical (unpaired) electrons. The Morgan fingerprint density at radius 2 is 1.63 bits per heavy atom. The number of halogens is 5. The number of hydrogen-bond acceptors (Lipinski definition) is 4. The lowest BCUT2D eigenvalue weighted by Crippen LogP contribution is -2.44. The van der Waals surface area contributed by atoms with Crippen molar-refractivity contribution in [3.8, 4) is 11.3 Å². The second-order valence-electron chi connectivity index (χ2n) is 7.17. The predicted molar refractivity (Wildman–Crippen MR) is 110 cm³/mol. The lowest BCUT2D eigenvalue weighted by Gasteiger charge is -2.29. The number of rotatable bonds is 6. The molecule has 1 aliphatic rings. The highest BCUT2D eigenvalue weighted by Gasteiger charge is 2.30. The first-order valence-corrected chi connectivity index (χ1v) is 11.5. The molecular weight excluding hydrogens is 462 g/mol. The summed E-state index contributed by atoms with van der Waals surface area (Å²) in [5.74, 6) is 0. The second kappa shape index (κ2) is 9.40. The van der Waals surface area contributed by atoms with Gasteiger partial charge in [-0.1, -0.05) is 35.3 Å². The van der Waals surface area contributed by atoms with E-state index in [4.69, 9.17) is 23.2 Å². The largest absolute Gasteiger partial charge is 0.401 e. The molecule has 0 atom stereocenters. The monoisotopic (exact) mass is 481 g/mol. The molecule has 1 aliphatic carbocycles. The van der Waals surface area contributed by atoms with E-state index in [0.29, 0.717) is 47.0 Å². The van der Waals surface area contributed by atoms with E-state index >= 15 is 0 Å². The lowest BCUT2D eigenvalue weighted by atomic mass is 9.92. The molecule has 5 nitrogen and oxygen atoms in total. The second-order valence-corrected chi connectivity index (χ2v) is 9.73. The Kier molecular flexibility index (Phi) is 7.29. The van der Waals surface area contributed by atoms with Gasteiger partial charge in [-0.05, 0) is 43.9 Å². The highest BCUT2D eigenvalue weighted by Crippen LogP contribution is 2.29. The van der Waals surface area contributed by atoms with Gasteiger partial charge in [-0.25, -0.2) is 13.1 Å². The van der Waals surface area contributed by atoms with Crippen molar-refractivity contribution in [2.75, 3.05) is 6.54 Å². The van der Waals surface area contributed by atoms with E-state index in [0.717, 1.165) is 0 Å². The molecule has 3 rings (SSSR count). The number of nitrogens with one attached hydrogen (secondary N) is 2. The van der Waals surface area contributed by atoms with Crippen molar-refractivity contribution in [2.45, 2.75) is 48.8 Å². The summed E-state index contributed by atoms with van der Waals surface area (Å²) in [5, 5.41) is 3.23. The zero-order chi connectivity index (χ0) is 21.9. The number of pyridine rings is 1. The Morgan fingerprint density at radius 3 is 2.20 bits per heavy atom. The first-order chi connectivity index (χ1) is 14.0. The number of nitrogens with zero attached hydrogens (tertiary/aromatic N) is 1. The Morgan fingerprint density at radius 1 is 1.03 bits per heavy atom. The summed E-state index contributed by atoms with van der Waals surface area (Å²) in [5.41, 5.74) is 1.13. The van der Waals surface area contributed by atoms with Crippen molar-refractivity contribution in [3.63, 3.8) is 0 Å². The summed E-state index contributed by atoms with van der Waals surface area (Å²) in [6.07, 6.45) is -0.911. The third kappa shape index (κ3) is 6.31. The molecule has 164 valence electrons. The van der Waals surface area contributed by atoms with Crippen LogP contribution in [0.4, 0.5) is 13.2 Å². The topological polar surface area (TPSA) is 71.1 Å². The number of hydrogen-bond donors (Lipinski definition) is 2. The quantitative estimate of drug-likeness (QED) is 0.621. The predicted octanol–water partition coefficient (Wildman–Crippen LogP) is 4.80. The van der Waals surface area contributed by atoms with Gasteiger partial charge < -0.3 is 5.32 Å². The Hall–Kier alpha value is -1.39. The van der Waals surface area contributed by atoms with Gasteiger partial charge in [0.2, 0.25) is 10.0 Å². The molecule has 11 heteroatoms. The molecule has 0 bridgehead atoms. The van der Waals surface area contributed by atoms with Gasteiger partial charge in [-0.2, -0.15) is 13.2 Å².